The molecule has 27 heavy (non-hydrogen) atoms. The van der Waals surface area contributed by atoms with E-state index in [0.717, 1.165) is 44.0 Å². The molecule has 2 heterocycles. The predicted molar refractivity (Wildman–Crippen MR) is 109 cm³/mol. The van der Waals surface area contributed by atoms with E-state index in [0.29, 0.717) is 11.7 Å². The lowest BCUT2D eigenvalue weighted by molar-refractivity contribution is -0.605. The molecule has 6 nitrogen and oxygen atoms in total. The fourth-order valence-electron chi connectivity index (χ4n) is 2.82. The largest absolute Gasteiger partial charge is 0.619 e. The number of urea groups is 1. The van der Waals surface area contributed by atoms with Gasteiger partial charge in [-0.1, -0.05) is 35.5 Å². The molecule has 0 atom stereocenters. The second-order valence-corrected chi connectivity index (χ2v) is 7.40. The highest BCUT2D eigenvalue weighted by Crippen LogP contribution is 2.39. The number of aryl methyl sites for hydroxylation is 2. The summed E-state index contributed by atoms with van der Waals surface area (Å²) >= 11 is 1.39. The zero-order valence-electron chi connectivity index (χ0n) is 15.6. The van der Waals surface area contributed by atoms with Crippen molar-refractivity contribution in [3.05, 3.63) is 59.1 Å². The standard InChI is InChI=1S/C20H22N4O2S/c1-4-7-21-19(25)23-20-22-17(16-11-13(2)10-14(3)12-16)18(27-20)15-5-8-24(26)9-6-15/h5-6,8-12H,4,7H2,1-3H3,(H2,21,22,23,25). The fraction of sp³-hybridized carbons (Fsp3) is 0.250. The van der Waals surface area contributed by atoms with Crippen LogP contribution in [0, 0.1) is 19.1 Å². The third-order valence-corrected chi connectivity index (χ3v) is 4.96. The zero-order valence-corrected chi connectivity index (χ0v) is 16.4. The number of thiazole rings is 1. The van der Waals surface area contributed by atoms with E-state index in [1.807, 2.05) is 20.8 Å². The Hall–Kier alpha value is -2.93. The normalized spacial score (nSPS) is 10.6. The molecule has 0 radical (unpaired) electrons. The monoisotopic (exact) mass is 382 g/mol. The van der Waals surface area contributed by atoms with E-state index in [9.17, 15) is 10.0 Å². The second-order valence-electron chi connectivity index (χ2n) is 6.40. The number of rotatable bonds is 5. The number of anilines is 1. The van der Waals surface area contributed by atoms with Gasteiger partial charge in [-0.2, -0.15) is 4.73 Å². The molecular weight excluding hydrogens is 360 g/mol. The molecule has 0 spiro atoms. The molecule has 0 unspecified atom stereocenters. The van der Waals surface area contributed by atoms with Gasteiger partial charge in [0.05, 0.1) is 10.6 Å². The summed E-state index contributed by atoms with van der Waals surface area (Å²) in [6, 6.07) is 9.50. The molecule has 0 aliphatic carbocycles. The number of nitrogens with zero attached hydrogens (tertiary/aromatic N) is 2. The Kier molecular flexibility index (Phi) is 5.71. The minimum absolute atomic E-state index is 0.269. The van der Waals surface area contributed by atoms with Crippen molar-refractivity contribution in [2.24, 2.45) is 0 Å². The van der Waals surface area contributed by atoms with Crippen LogP contribution in [0.4, 0.5) is 9.93 Å². The maximum atomic E-state index is 12.0. The van der Waals surface area contributed by atoms with Gasteiger partial charge in [0.2, 0.25) is 0 Å². The van der Waals surface area contributed by atoms with Crippen LogP contribution in [0.3, 0.4) is 0 Å². The van der Waals surface area contributed by atoms with Crippen molar-refractivity contribution in [3.63, 3.8) is 0 Å². The summed E-state index contributed by atoms with van der Waals surface area (Å²) in [5.74, 6) is 0. The van der Waals surface area contributed by atoms with Gasteiger partial charge in [0.25, 0.3) is 0 Å². The van der Waals surface area contributed by atoms with Gasteiger partial charge < -0.3 is 10.5 Å². The number of carbonyl (C=O) groups is 1. The van der Waals surface area contributed by atoms with Gasteiger partial charge in [-0.3, -0.25) is 5.32 Å². The number of hydrogen-bond donors (Lipinski definition) is 2. The summed E-state index contributed by atoms with van der Waals surface area (Å²) in [7, 11) is 0. The summed E-state index contributed by atoms with van der Waals surface area (Å²) in [5, 5.41) is 17.5. The number of nitrogens with one attached hydrogen (secondary N) is 2. The average molecular weight is 382 g/mol. The smallest absolute Gasteiger partial charge is 0.321 e. The molecule has 0 saturated carbocycles. The van der Waals surface area contributed by atoms with Crippen LogP contribution in [0.1, 0.15) is 24.5 Å². The Balaban J connectivity index is 2.03. The van der Waals surface area contributed by atoms with Crippen molar-refractivity contribution in [2.45, 2.75) is 27.2 Å². The number of hydrogen-bond acceptors (Lipinski definition) is 4. The lowest BCUT2D eigenvalue weighted by Crippen LogP contribution is -2.29. The van der Waals surface area contributed by atoms with Crippen LogP contribution in [0.25, 0.3) is 21.7 Å². The van der Waals surface area contributed by atoms with Crippen molar-refractivity contribution in [1.82, 2.24) is 10.3 Å². The van der Waals surface area contributed by atoms with E-state index >= 15 is 0 Å². The van der Waals surface area contributed by atoms with E-state index in [-0.39, 0.29) is 6.03 Å². The molecule has 0 bridgehead atoms. The third-order valence-electron chi connectivity index (χ3n) is 3.94. The molecule has 0 aliphatic rings. The Labute approximate surface area is 162 Å². The van der Waals surface area contributed by atoms with E-state index in [1.54, 1.807) is 12.1 Å². The maximum Gasteiger partial charge on any atom is 0.321 e. The molecule has 0 fully saturated rings. The van der Waals surface area contributed by atoms with Crippen LogP contribution in [0.5, 0.6) is 0 Å². The minimum Gasteiger partial charge on any atom is -0.619 e. The predicted octanol–water partition coefficient (Wildman–Crippen LogP) is 4.26. The van der Waals surface area contributed by atoms with Crippen molar-refractivity contribution < 1.29 is 9.52 Å². The highest BCUT2D eigenvalue weighted by atomic mass is 32.1. The summed E-state index contributed by atoms with van der Waals surface area (Å²) in [5.41, 5.74) is 4.95. The fourth-order valence-corrected chi connectivity index (χ4v) is 3.81. The molecular formula is C20H22N4O2S. The Morgan fingerprint density at radius 3 is 2.44 bits per heavy atom. The summed E-state index contributed by atoms with van der Waals surface area (Å²) in [6.07, 6.45) is 3.78. The SMILES string of the molecule is CCCNC(=O)Nc1nc(-c2cc(C)cc(C)c2)c(-c2cc[n+]([O-])cc2)s1. The van der Waals surface area contributed by atoms with Gasteiger partial charge in [0.1, 0.15) is 0 Å². The first kappa shape index (κ1) is 18.8. The molecule has 2 aromatic heterocycles. The first-order chi connectivity index (χ1) is 13.0. The van der Waals surface area contributed by atoms with Crippen LogP contribution >= 0.6 is 11.3 Å². The number of pyridine rings is 1. The van der Waals surface area contributed by atoms with Gasteiger partial charge in [-0.15, -0.1) is 0 Å². The summed E-state index contributed by atoms with van der Waals surface area (Å²) in [6.45, 7) is 6.69. The van der Waals surface area contributed by atoms with Crippen molar-refractivity contribution in [1.29, 1.82) is 0 Å². The van der Waals surface area contributed by atoms with Crippen LogP contribution < -0.4 is 15.4 Å². The first-order valence-electron chi connectivity index (χ1n) is 8.80. The van der Waals surface area contributed by atoms with E-state index < -0.39 is 0 Å². The van der Waals surface area contributed by atoms with Crippen molar-refractivity contribution >= 4 is 22.5 Å². The Bertz CT molecular complexity index is 931. The molecule has 3 rings (SSSR count). The molecule has 140 valence electrons. The van der Waals surface area contributed by atoms with E-state index in [4.69, 9.17) is 0 Å². The Morgan fingerprint density at radius 2 is 1.81 bits per heavy atom. The van der Waals surface area contributed by atoms with Gasteiger partial charge in [-0.05, 0) is 32.4 Å². The molecule has 0 saturated heterocycles. The van der Waals surface area contributed by atoms with Crippen LogP contribution in [0.2, 0.25) is 0 Å². The van der Waals surface area contributed by atoms with Gasteiger partial charge in [0, 0.05) is 29.8 Å². The van der Waals surface area contributed by atoms with Crippen LogP contribution in [-0.2, 0) is 0 Å². The zero-order chi connectivity index (χ0) is 19.4. The van der Waals surface area contributed by atoms with Crippen LogP contribution in [-0.4, -0.2) is 17.6 Å². The van der Waals surface area contributed by atoms with E-state index in [1.165, 1.54) is 23.7 Å². The third kappa shape index (κ3) is 4.62. The number of amides is 2. The number of aromatic nitrogens is 2. The maximum absolute atomic E-state index is 12.0. The number of benzene rings is 1. The second kappa shape index (κ2) is 8.18. The molecule has 3 aromatic rings. The highest BCUT2D eigenvalue weighted by Gasteiger charge is 2.17. The highest BCUT2D eigenvalue weighted by molar-refractivity contribution is 7.19. The van der Waals surface area contributed by atoms with E-state index in [2.05, 4.69) is 33.8 Å². The molecule has 1 aromatic carbocycles. The Morgan fingerprint density at radius 1 is 1.15 bits per heavy atom. The van der Waals surface area contributed by atoms with Gasteiger partial charge >= 0.3 is 6.03 Å². The lowest BCUT2D eigenvalue weighted by atomic mass is 10.0. The molecule has 0 aliphatic heterocycles. The topological polar surface area (TPSA) is 81.0 Å². The first-order valence-corrected chi connectivity index (χ1v) is 9.61. The number of carbonyl (C=O) groups excluding carboxylic acids is 1. The quantitative estimate of drug-likeness (QED) is 0.511. The molecule has 7 heteroatoms. The van der Waals surface area contributed by atoms with Gasteiger partial charge in [-0.25, -0.2) is 9.78 Å². The average Bonchev–Trinajstić information content (AvgIpc) is 3.03. The minimum atomic E-state index is -0.269. The van der Waals surface area contributed by atoms with Crippen LogP contribution in [0.15, 0.2) is 42.7 Å². The van der Waals surface area contributed by atoms with Gasteiger partial charge in [0.15, 0.2) is 17.5 Å². The summed E-state index contributed by atoms with van der Waals surface area (Å²) < 4.78 is 0.748. The summed E-state index contributed by atoms with van der Waals surface area (Å²) in [4.78, 5) is 17.6. The molecule has 2 amide bonds. The lowest BCUT2D eigenvalue weighted by Gasteiger charge is -2.05. The van der Waals surface area contributed by atoms with Crippen molar-refractivity contribution in [3.8, 4) is 21.7 Å². The van der Waals surface area contributed by atoms with Crippen molar-refractivity contribution in [2.75, 3.05) is 11.9 Å². The molecule has 2 N–H and O–H groups in total.